The van der Waals surface area contributed by atoms with E-state index >= 15 is 0 Å². The van der Waals surface area contributed by atoms with Crippen molar-refractivity contribution in [2.24, 2.45) is 0 Å². The van der Waals surface area contributed by atoms with Gasteiger partial charge < -0.3 is 10.1 Å². The summed E-state index contributed by atoms with van der Waals surface area (Å²) in [5, 5.41) is 3.22. The second-order valence-corrected chi connectivity index (χ2v) is 5.82. The van der Waals surface area contributed by atoms with Gasteiger partial charge in [0, 0.05) is 12.5 Å². The molecule has 3 rings (SSSR count). The van der Waals surface area contributed by atoms with Crippen LogP contribution in [0.4, 0.5) is 0 Å². The van der Waals surface area contributed by atoms with E-state index in [1.165, 1.54) is 22.3 Å². The van der Waals surface area contributed by atoms with Crippen molar-refractivity contribution >= 4 is 0 Å². The first kappa shape index (κ1) is 15.4. The Kier molecular flexibility index (Phi) is 4.82. The standard InChI is InChI=1S/C21H23NO/c1-3-4-9-14-22-16(2)23-15-21-19-12-7-5-10-17(19)18-11-6-8-13-20(18)21/h3,5-8,10-13,21-22H,1-2,4,9,14-15H2. The summed E-state index contributed by atoms with van der Waals surface area (Å²) >= 11 is 0. The maximum Gasteiger partial charge on any atom is 0.179 e. The van der Waals surface area contributed by atoms with Crippen molar-refractivity contribution in [1.29, 1.82) is 0 Å². The predicted octanol–water partition coefficient (Wildman–Crippen LogP) is 4.84. The lowest BCUT2D eigenvalue weighted by atomic mass is 9.98. The smallest absolute Gasteiger partial charge is 0.179 e. The molecule has 0 aromatic heterocycles. The number of unbranched alkanes of at least 4 members (excludes halogenated alkanes) is 1. The highest BCUT2D eigenvalue weighted by atomic mass is 16.5. The Hall–Kier alpha value is -2.48. The fourth-order valence-corrected chi connectivity index (χ4v) is 3.15. The number of allylic oxidation sites excluding steroid dienone is 1. The second kappa shape index (κ2) is 7.19. The summed E-state index contributed by atoms with van der Waals surface area (Å²) in [4.78, 5) is 0. The van der Waals surface area contributed by atoms with E-state index in [0.717, 1.165) is 19.4 Å². The minimum Gasteiger partial charge on any atom is -0.479 e. The molecule has 2 heteroatoms. The molecule has 1 aliphatic carbocycles. The molecule has 0 atom stereocenters. The first-order valence-corrected chi connectivity index (χ1v) is 8.16. The van der Waals surface area contributed by atoms with Crippen molar-refractivity contribution in [3.8, 4) is 11.1 Å². The van der Waals surface area contributed by atoms with Gasteiger partial charge in [0.2, 0.25) is 0 Å². The number of hydrogen-bond acceptors (Lipinski definition) is 2. The Morgan fingerprint density at radius 3 is 2.26 bits per heavy atom. The number of hydrogen-bond donors (Lipinski definition) is 1. The molecule has 0 saturated carbocycles. The van der Waals surface area contributed by atoms with E-state index in [2.05, 4.69) is 67.0 Å². The highest BCUT2D eigenvalue weighted by molar-refractivity contribution is 5.78. The Labute approximate surface area is 138 Å². The van der Waals surface area contributed by atoms with Crippen molar-refractivity contribution in [3.63, 3.8) is 0 Å². The van der Waals surface area contributed by atoms with Crippen molar-refractivity contribution < 1.29 is 4.74 Å². The molecule has 2 aromatic rings. The van der Waals surface area contributed by atoms with E-state index in [0.29, 0.717) is 12.5 Å². The van der Waals surface area contributed by atoms with Gasteiger partial charge in [0.1, 0.15) is 6.61 Å². The van der Waals surface area contributed by atoms with Crippen LogP contribution >= 0.6 is 0 Å². The molecule has 0 aliphatic heterocycles. The number of benzene rings is 2. The second-order valence-electron chi connectivity index (χ2n) is 5.82. The fraction of sp³-hybridized carbons (Fsp3) is 0.238. The molecule has 1 aliphatic rings. The van der Waals surface area contributed by atoms with E-state index < -0.39 is 0 Å². The van der Waals surface area contributed by atoms with Gasteiger partial charge in [0.05, 0.1) is 0 Å². The normalized spacial score (nSPS) is 12.3. The monoisotopic (exact) mass is 305 g/mol. The SMILES string of the molecule is C=CCCCNC(=C)OCC1c2ccccc2-c2ccccc21. The van der Waals surface area contributed by atoms with Crippen LogP contribution in [0.3, 0.4) is 0 Å². The maximum atomic E-state index is 5.89. The van der Waals surface area contributed by atoms with E-state index in [1.807, 2.05) is 6.08 Å². The van der Waals surface area contributed by atoms with E-state index in [4.69, 9.17) is 4.74 Å². The minimum atomic E-state index is 0.272. The summed E-state index contributed by atoms with van der Waals surface area (Å²) < 4.78 is 5.89. The molecular formula is C21H23NO. The number of ether oxygens (including phenoxy) is 1. The molecule has 0 amide bonds. The van der Waals surface area contributed by atoms with Gasteiger partial charge in [-0.1, -0.05) is 54.6 Å². The zero-order chi connectivity index (χ0) is 16.1. The van der Waals surface area contributed by atoms with Gasteiger partial charge in [0.15, 0.2) is 5.88 Å². The molecule has 2 nitrogen and oxygen atoms in total. The zero-order valence-electron chi connectivity index (χ0n) is 13.4. The van der Waals surface area contributed by atoms with Crippen LogP contribution in [-0.4, -0.2) is 13.2 Å². The van der Waals surface area contributed by atoms with Crippen LogP contribution in [-0.2, 0) is 4.74 Å². The molecule has 0 unspecified atom stereocenters. The van der Waals surface area contributed by atoms with Gasteiger partial charge >= 0.3 is 0 Å². The largest absolute Gasteiger partial charge is 0.479 e. The average Bonchev–Trinajstić information content (AvgIpc) is 2.91. The summed E-state index contributed by atoms with van der Waals surface area (Å²) in [6, 6.07) is 17.2. The maximum absolute atomic E-state index is 5.89. The van der Waals surface area contributed by atoms with Crippen LogP contribution in [0.5, 0.6) is 0 Å². The Balaban J connectivity index is 1.66. The molecule has 0 spiro atoms. The van der Waals surface area contributed by atoms with Crippen LogP contribution in [0.2, 0.25) is 0 Å². The van der Waals surface area contributed by atoms with Crippen molar-refractivity contribution in [2.45, 2.75) is 18.8 Å². The summed E-state index contributed by atoms with van der Waals surface area (Å²) in [5.74, 6) is 0.921. The zero-order valence-corrected chi connectivity index (χ0v) is 13.4. The summed E-state index contributed by atoms with van der Waals surface area (Å²) in [6.45, 7) is 9.17. The topological polar surface area (TPSA) is 21.3 Å². The summed E-state index contributed by atoms with van der Waals surface area (Å²) in [5.41, 5.74) is 5.32. The molecule has 0 bridgehead atoms. The third-order valence-electron chi connectivity index (χ3n) is 4.29. The minimum absolute atomic E-state index is 0.272. The molecule has 2 aromatic carbocycles. The fourth-order valence-electron chi connectivity index (χ4n) is 3.15. The number of nitrogens with one attached hydrogen (secondary N) is 1. The molecular weight excluding hydrogens is 282 g/mol. The molecule has 0 radical (unpaired) electrons. The lowest BCUT2D eigenvalue weighted by Crippen LogP contribution is -2.18. The van der Waals surface area contributed by atoms with Crippen LogP contribution in [0.1, 0.15) is 29.9 Å². The van der Waals surface area contributed by atoms with E-state index in [1.54, 1.807) is 0 Å². The first-order valence-electron chi connectivity index (χ1n) is 8.16. The number of rotatable bonds is 8. The Morgan fingerprint density at radius 2 is 1.65 bits per heavy atom. The Bertz CT molecular complexity index is 659. The van der Waals surface area contributed by atoms with Crippen molar-refractivity contribution in [3.05, 3.63) is 84.8 Å². The summed E-state index contributed by atoms with van der Waals surface area (Å²) in [6.07, 6.45) is 3.97. The van der Waals surface area contributed by atoms with Gasteiger partial charge in [-0.05, 0) is 41.7 Å². The molecule has 1 N–H and O–H groups in total. The quantitative estimate of drug-likeness (QED) is 0.428. The van der Waals surface area contributed by atoms with Gasteiger partial charge in [-0.3, -0.25) is 0 Å². The molecule has 0 fully saturated rings. The van der Waals surface area contributed by atoms with Crippen LogP contribution in [0, 0.1) is 0 Å². The lowest BCUT2D eigenvalue weighted by molar-refractivity contribution is 0.184. The highest BCUT2D eigenvalue weighted by Gasteiger charge is 2.28. The molecule has 0 heterocycles. The Morgan fingerprint density at radius 1 is 1.04 bits per heavy atom. The highest BCUT2D eigenvalue weighted by Crippen LogP contribution is 2.44. The van der Waals surface area contributed by atoms with E-state index in [-0.39, 0.29) is 5.92 Å². The van der Waals surface area contributed by atoms with Gasteiger partial charge in [-0.2, -0.15) is 0 Å². The van der Waals surface area contributed by atoms with Crippen LogP contribution < -0.4 is 5.32 Å². The van der Waals surface area contributed by atoms with E-state index in [9.17, 15) is 0 Å². The third kappa shape index (κ3) is 3.31. The molecule has 118 valence electrons. The first-order chi connectivity index (χ1) is 11.3. The van der Waals surface area contributed by atoms with Gasteiger partial charge in [-0.25, -0.2) is 0 Å². The van der Waals surface area contributed by atoms with Gasteiger partial charge in [-0.15, -0.1) is 6.58 Å². The van der Waals surface area contributed by atoms with Crippen LogP contribution in [0.15, 0.2) is 73.6 Å². The van der Waals surface area contributed by atoms with Gasteiger partial charge in [0.25, 0.3) is 0 Å². The van der Waals surface area contributed by atoms with Crippen molar-refractivity contribution in [2.75, 3.05) is 13.2 Å². The van der Waals surface area contributed by atoms with Crippen LogP contribution in [0.25, 0.3) is 11.1 Å². The van der Waals surface area contributed by atoms with Crippen molar-refractivity contribution in [1.82, 2.24) is 5.32 Å². The predicted molar refractivity (Wildman–Crippen MR) is 96.2 cm³/mol. The summed E-state index contributed by atoms with van der Waals surface area (Å²) in [7, 11) is 0. The lowest BCUT2D eigenvalue weighted by Gasteiger charge is -2.17. The molecule has 23 heavy (non-hydrogen) atoms. The molecule has 0 saturated heterocycles. The number of fused-ring (bicyclic) bond motifs is 3. The third-order valence-corrected chi connectivity index (χ3v) is 4.29. The average molecular weight is 305 g/mol.